The van der Waals surface area contributed by atoms with E-state index in [9.17, 15) is 18.0 Å². The van der Waals surface area contributed by atoms with Crippen LogP contribution in [0.25, 0.3) is 11.3 Å². The van der Waals surface area contributed by atoms with Crippen LogP contribution in [0.5, 0.6) is 0 Å². The Morgan fingerprint density at radius 1 is 1.09 bits per heavy atom. The fourth-order valence-corrected chi connectivity index (χ4v) is 5.04. The van der Waals surface area contributed by atoms with Gasteiger partial charge in [0.2, 0.25) is 0 Å². The summed E-state index contributed by atoms with van der Waals surface area (Å²) in [5.74, 6) is -2.86. The molecule has 1 amide bonds. The summed E-state index contributed by atoms with van der Waals surface area (Å²) in [6, 6.07) is 6.30. The Hall–Kier alpha value is -2.91. The van der Waals surface area contributed by atoms with Crippen molar-refractivity contribution in [3.63, 3.8) is 0 Å². The molecule has 0 unspecified atom stereocenters. The predicted molar refractivity (Wildman–Crippen MR) is 127 cm³/mol. The van der Waals surface area contributed by atoms with Gasteiger partial charge in [-0.3, -0.25) is 9.78 Å². The van der Waals surface area contributed by atoms with E-state index in [4.69, 9.17) is 5.73 Å². The van der Waals surface area contributed by atoms with Crippen LogP contribution < -0.4 is 11.1 Å². The number of anilines is 1. The first-order valence-corrected chi connectivity index (χ1v) is 12.2. The second-order valence-electron chi connectivity index (χ2n) is 8.68. The van der Waals surface area contributed by atoms with E-state index in [0.29, 0.717) is 16.5 Å². The predicted octanol–water partition coefficient (Wildman–Crippen LogP) is 5.77. The van der Waals surface area contributed by atoms with E-state index in [2.05, 4.69) is 22.2 Å². The monoisotopic (exact) mass is 486 g/mol. The summed E-state index contributed by atoms with van der Waals surface area (Å²) in [4.78, 5) is 21.4. The molecule has 0 spiro atoms. The Labute approximate surface area is 200 Å². The van der Waals surface area contributed by atoms with Crippen LogP contribution in [0.15, 0.2) is 47.6 Å². The Morgan fingerprint density at radius 2 is 1.82 bits per heavy atom. The van der Waals surface area contributed by atoms with Gasteiger partial charge >= 0.3 is 0 Å². The summed E-state index contributed by atoms with van der Waals surface area (Å²) in [7, 11) is 0. The van der Waals surface area contributed by atoms with E-state index in [-0.39, 0.29) is 17.7 Å². The molecule has 2 heterocycles. The summed E-state index contributed by atoms with van der Waals surface area (Å²) in [5.41, 5.74) is 6.29. The number of hydrogen-bond donors (Lipinski definition) is 2. The van der Waals surface area contributed by atoms with Crippen molar-refractivity contribution in [3.05, 3.63) is 71.4 Å². The van der Waals surface area contributed by atoms with E-state index in [1.807, 2.05) is 6.07 Å². The molecule has 34 heavy (non-hydrogen) atoms. The summed E-state index contributed by atoms with van der Waals surface area (Å²) in [5, 5.41) is 2.78. The molecular weight excluding hydrogens is 461 g/mol. The molecule has 9 heteroatoms. The summed E-state index contributed by atoms with van der Waals surface area (Å²) < 4.78 is 43.7. The summed E-state index contributed by atoms with van der Waals surface area (Å²) >= 11 is 1.16. The Morgan fingerprint density at radius 3 is 2.50 bits per heavy atom. The second kappa shape index (κ2) is 10.1. The number of carbonyl (C=O) groups is 1. The topological polar surface area (TPSA) is 80.9 Å². The molecule has 3 N–H and O–H groups in total. The number of carbonyl (C=O) groups excluding carboxylic acids is 1. The van der Waals surface area contributed by atoms with E-state index >= 15 is 0 Å². The minimum Gasteiger partial charge on any atom is -0.328 e. The molecule has 4 rings (SSSR count). The number of nitrogens with two attached hydrogens (primary N) is 1. The highest BCUT2D eigenvalue weighted by molar-refractivity contribution is 7.98. The fraction of sp³-hybridized carbons (Fsp3) is 0.320. The smallest absolute Gasteiger partial charge is 0.274 e. The van der Waals surface area contributed by atoms with Gasteiger partial charge in [-0.1, -0.05) is 6.92 Å². The number of rotatable bonds is 5. The van der Waals surface area contributed by atoms with Gasteiger partial charge < -0.3 is 11.1 Å². The van der Waals surface area contributed by atoms with Crippen molar-refractivity contribution in [3.8, 4) is 11.3 Å². The van der Waals surface area contributed by atoms with Crippen molar-refractivity contribution < 1.29 is 18.0 Å². The average molecular weight is 487 g/mol. The molecule has 3 atom stereocenters. The highest BCUT2D eigenvalue weighted by Gasteiger charge is 2.28. The number of pyridine rings is 2. The van der Waals surface area contributed by atoms with Crippen LogP contribution >= 0.6 is 11.8 Å². The van der Waals surface area contributed by atoms with Gasteiger partial charge in [-0.25, -0.2) is 18.2 Å². The van der Waals surface area contributed by atoms with Gasteiger partial charge in [-0.2, -0.15) is 0 Å². The van der Waals surface area contributed by atoms with E-state index in [0.717, 1.165) is 54.8 Å². The molecule has 3 aromatic rings. The zero-order valence-electron chi connectivity index (χ0n) is 18.8. The van der Waals surface area contributed by atoms with Crippen molar-refractivity contribution in [2.75, 3.05) is 11.6 Å². The highest BCUT2D eigenvalue weighted by Crippen LogP contribution is 2.38. The molecule has 0 aliphatic heterocycles. The molecule has 1 saturated carbocycles. The maximum absolute atomic E-state index is 14.6. The lowest BCUT2D eigenvalue weighted by molar-refractivity contribution is 0.102. The number of amides is 1. The second-order valence-corrected chi connectivity index (χ2v) is 9.56. The standard InChI is InChI=1S/C25H25F3N4OS/c1-13-7-14(9-15(29)8-13)17-5-6-30-12-22(17)32-25(33)21-4-3-18(26)24(31-21)23-19(27)10-16(34-2)11-20(23)28/h3-6,10-15H,7-9,29H2,1-2H3,(H,32,33)/t13-,14+,15+/m0/s1. The van der Waals surface area contributed by atoms with Gasteiger partial charge in [-0.15, -0.1) is 11.8 Å². The molecular formula is C25H25F3N4OS. The number of thioether (sulfide) groups is 1. The number of nitrogens with one attached hydrogen (secondary N) is 1. The first kappa shape index (κ1) is 24.2. The van der Waals surface area contributed by atoms with Crippen LogP contribution in [0.3, 0.4) is 0 Å². The van der Waals surface area contributed by atoms with Crippen molar-refractivity contribution in [1.29, 1.82) is 0 Å². The van der Waals surface area contributed by atoms with Gasteiger partial charge in [0, 0.05) is 17.1 Å². The van der Waals surface area contributed by atoms with Crippen LogP contribution in [0, 0.1) is 23.4 Å². The first-order valence-electron chi connectivity index (χ1n) is 11.0. The third-order valence-corrected chi connectivity index (χ3v) is 6.80. The molecule has 0 saturated heterocycles. The number of benzene rings is 1. The summed E-state index contributed by atoms with van der Waals surface area (Å²) in [6.07, 6.45) is 7.56. The van der Waals surface area contributed by atoms with Crippen molar-refractivity contribution in [2.24, 2.45) is 11.7 Å². The zero-order valence-corrected chi connectivity index (χ0v) is 19.6. The normalized spacial score (nSPS) is 20.2. The van der Waals surface area contributed by atoms with Gasteiger partial charge in [-0.05, 0) is 73.2 Å². The zero-order chi connectivity index (χ0) is 24.4. The van der Waals surface area contributed by atoms with Crippen LogP contribution in [-0.2, 0) is 0 Å². The Bertz CT molecular complexity index is 1190. The lowest BCUT2D eigenvalue weighted by Gasteiger charge is -2.32. The molecule has 1 fully saturated rings. The van der Waals surface area contributed by atoms with Crippen LogP contribution in [-0.4, -0.2) is 28.2 Å². The number of halogens is 3. The molecule has 1 aliphatic rings. The molecule has 0 radical (unpaired) electrons. The van der Waals surface area contributed by atoms with Crippen LogP contribution in [0.2, 0.25) is 0 Å². The molecule has 5 nitrogen and oxygen atoms in total. The minimum atomic E-state index is -0.953. The summed E-state index contributed by atoms with van der Waals surface area (Å²) in [6.45, 7) is 2.15. The highest BCUT2D eigenvalue weighted by atomic mass is 32.2. The quantitative estimate of drug-likeness (QED) is 0.448. The third kappa shape index (κ3) is 5.10. The first-order chi connectivity index (χ1) is 16.3. The molecule has 1 aromatic carbocycles. The van der Waals surface area contributed by atoms with Crippen LogP contribution in [0.1, 0.15) is 48.2 Å². The molecule has 2 aromatic heterocycles. The third-order valence-electron chi connectivity index (χ3n) is 6.09. The number of nitrogens with zero attached hydrogens (tertiary/aromatic N) is 2. The van der Waals surface area contributed by atoms with Crippen LogP contribution in [0.4, 0.5) is 18.9 Å². The lowest BCUT2D eigenvalue weighted by Crippen LogP contribution is -2.31. The van der Waals surface area contributed by atoms with Gasteiger partial charge in [0.1, 0.15) is 28.8 Å². The molecule has 1 aliphatic carbocycles. The van der Waals surface area contributed by atoms with Gasteiger partial charge in [0.15, 0.2) is 0 Å². The Balaban J connectivity index is 1.64. The lowest BCUT2D eigenvalue weighted by atomic mass is 9.76. The molecule has 178 valence electrons. The average Bonchev–Trinajstić information content (AvgIpc) is 2.79. The minimum absolute atomic E-state index is 0.0779. The largest absolute Gasteiger partial charge is 0.328 e. The number of aromatic nitrogens is 2. The Kier molecular flexibility index (Phi) is 7.23. The van der Waals surface area contributed by atoms with E-state index in [1.54, 1.807) is 18.6 Å². The molecule has 0 bridgehead atoms. The van der Waals surface area contributed by atoms with Crippen molar-refractivity contribution in [2.45, 2.75) is 43.0 Å². The van der Waals surface area contributed by atoms with E-state index in [1.165, 1.54) is 6.07 Å². The fourth-order valence-electron chi connectivity index (χ4n) is 4.60. The number of hydrogen-bond acceptors (Lipinski definition) is 5. The van der Waals surface area contributed by atoms with Gasteiger partial charge in [0.05, 0.1) is 17.4 Å². The maximum Gasteiger partial charge on any atom is 0.274 e. The van der Waals surface area contributed by atoms with Gasteiger partial charge in [0.25, 0.3) is 5.91 Å². The SMILES string of the molecule is CSc1cc(F)c(-c2nc(C(=O)Nc3cnccc3[C@@H]3C[C@H](C)C[C@@H](N)C3)ccc2F)c(F)c1. The van der Waals surface area contributed by atoms with Crippen molar-refractivity contribution in [1.82, 2.24) is 9.97 Å². The van der Waals surface area contributed by atoms with Crippen molar-refractivity contribution >= 4 is 23.4 Å². The van der Waals surface area contributed by atoms with E-state index < -0.39 is 34.6 Å². The maximum atomic E-state index is 14.6.